The first-order chi connectivity index (χ1) is 7.19. The Morgan fingerprint density at radius 3 is 2.73 bits per heavy atom. The third-order valence-corrected chi connectivity index (χ3v) is 2.77. The van der Waals surface area contributed by atoms with Crippen LogP contribution in [0.3, 0.4) is 0 Å². The smallest absolute Gasteiger partial charge is 0.200 e. The number of fused-ring (bicyclic) bond motifs is 1. The minimum atomic E-state index is -0.885. The van der Waals surface area contributed by atoms with E-state index >= 15 is 0 Å². The fourth-order valence-electron chi connectivity index (χ4n) is 1.99. The first-order valence-corrected chi connectivity index (χ1v) is 5.00. The number of hydrogen-bond donors (Lipinski definition) is 1. The number of halogens is 2. The van der Waals surface area contributed by atoms with Gasteiger partial charge in [-0.1, -0.05) is 13.0 Å². The molecule has 4 heteroatoms. The fourth-order valence-corrected chi connectivity index (χ4v) is 1.99. The molecule has 0 saturated heterocycles. The Labute approximate surface area is 87.2 Å². The van der Waals surface area contributed by atoms with Crippen LogP contribution in [0.1, 0.15) is 24.9 Å². The summed E-state index contributed by atoms with van der Waals surface area (Å²) in [5.41, 5.74) is 0.697. The second-order valence-electron chi connectivity index (χ2n) is 3.61. The maximum Gasteiger partial charge on any atom is 0.200 e. The van der Waals surface area contributed by atoms with Crippen molar-refractivity contribution in [3.05, 3.63) is 29.3 Å². The van der Waals surface area contributed by atoms with Gasteiger partial charge in [0.15, 0.2) is 11.6 Å². The van der Waals surface area contributed by atoms with Crippen LogP contribution in [-0.4, -0.2) is 13.2 Å². The Morgan fingerprint density at radius 2 is 2.13 bits per heavy atom. The lowest BCUT2D eigenvalue weighted by Gasteiger charge is -2.15. The molecule has 2 atom stereocenters. The summed E-state index contributed by atoms with van der Waals surface area (Å²) in [6, 6.07) is 2.66. The molecule has 1 aliphatic heterocycles. The highest BCUT2D eigenvalue weighted by atomic mass is 19.2. The van der Waals surface area contributed by atoms with E-state index in [1.54, 1.807) is 13.1 Å². The number of nitrogens with one attached hydrogen (secondary N) is 1. The van der Waals surface area contributed by atoms with Gasteiger partial charge in [-0.3, -0.25) is 0 Å². The molecule has 1 aromatic rings. The van der Waals surface area contributed by atoms with Gasteiger partial charge in [-0.05, 0) is 19.5 Å². The third-order valence-electron chi connectivity index (χ3n) is 2.77. The van der Waals surface area contributed by atoms with Crippen LogP contribution in [-0.2, 0) is 0 Å². The first-order valence-electron chi connectivity index (χ1n) is 5.00. The van der Waals surface area contributed by atoms with E-state index in [-0.39, 0.29) is 17.9 Å². The monoisotopic (exact) mass is 213 g/mol. The average molecular weight is 213 g/mol. The van der Waals surface area contributed by atoms with E-state index in [2.05, 4.69) is 5.32 Å². The van der Waals surface area contributed by atoms with Gasteiger partial charge in [-0.25, -0.2) is 4.39 Å². The fraction of sp³-hybridized carbons (Fsp3) is 0.455. The number of rotatable bonds is 2. The average Bonchev–Trinajstić information content (AvgIpc) is 2.61. The Morgan fingerprint density at radius 1 is 1.40 bits per heavy atom. The summed E-state index contributed by atoms with van der Waals surface area (Å²) in [4.78, 5) is 0. The second kappa shape index (κ2) is 3.77. The molecule has 0 amide bonds. The van der Waals surface area contributed by atoms with Crippen molar-refractivity contribution in [3.8, 4) is 5.75 Å². The zero-order chi connectivity index (χ0) is 11.0. The predicted octanol–water partition coefficient (Wildman–Crippen LogP) is 2.40. The summed E-state index contributed by atoms with van der Waals surface area (Å²) in [5.74, 6) is -1.69. The molecule has 2 unspecified atom stereocenters. The Bertz CT molecular complexity index is 381. The van der Waals surface area contributed by atoms with Crippen LogP contribution in [0.2, 0.25) is 0 Å². The van der Waals surface area contributed by atoms with Crippen molar-refractivity contribution in [1.29, 1.82) is 0 Å². The number of likely N-dealkylation sites (N-methyl/N-ethyl adjacent to an activating group) is 1. The molecule has 0 fully saturated rings. The first kappa shape index (κ1) is 10.4. The summed E-state index contributed by atoms with van der Waals surface area (Å²) in [7, 11) is 1.78. The van der Waals surface area contributed by atoms with E-state index in [1.807, 2.05) is 6.92 Å². The van der Waals surface area contributed by atoms with Crippen LogP contribution >= 0.6 is 0 Å². The van der Waals surface area contributed by atoms with Crippen LogP contribution < -0.4 is 10.1 Å². The molecule has 1 aliphatic rings. The molecular weight excluding hydrogens is 200 g/mol. The van der Waals surface area contributed by atoms with E-state index in [1.165, 1.54) is 0 Å². The molecule has 0 bridgehead atoms. The quantitative estimate of drug-likeness (QED) is 0.814. The lowest BCUT2D eigenvalue weighted by molar-refractivity contribution is 0.182. The summed E-state index contributed by atoms with van der Waals surface area (Å²) in [5, 5.41) is 3.05. The van der Waals surface area contributed by atoms with E-state index in [0.717, 1.165) is 12.5 Å². The lowest BCUT2D eigenvalue weighted by atomic mass is 10.0. The van der Waals surface area contributed by atoms with Crippen molar-refractivity contribution >= 4 is 0 Å². The van der Waals surface area contributed by atoms with Crippen molar-refractivity contribution in [2.75, 3.05) is 7.05 Å². The largest absolute Gasteiger partial charge is 0.485 e. The van der Waals surface area contributed by atoms with Gasteiger partial charge >= 0.3 is 0 Å². The molecule has 82 valence electrons. The van der Waals surface area contributed by atoms with Crippen molar-refractivity contribution in [2.45, 2.75) is 25.5 Å². The van der Waals surface area contributed by atoms with Gasteiger partial charge in [-0.15, -0.1) is 0 Å². The van der Waals surface area contributed by atoms with Crippen LogP contribution in [0.4, 0.5) is 8.78 Å². The topological polar surface area (TPSA) is 21.3 Å². The van der Waals surface area contributed by atoms with Gasteiger partial charge in [0.25, 0.3) is 0 Å². The molecule has 1 aromatic carbocycles. The molecule has 0 aromatic heterocycles. The summed E-state index contributed by atoms with van der Waals surface area (Å²) < 4.78 is 31.7. The molecule has 0 spiro atoms. The van der Waals surface area contributed by atoms with Gasteiger partial charge in [0, 0.05) is 5.56 Å². The standard InChI is InChI=1S/C11H13F2NO/c1-3-8-10(14-2)6-4-5-7(12)9(13)11(6)15-8/h4-5,8,10,14H,3H2,1-2H3. The molecule has 0 saturated carbocycles. The molecular formula is C11H13F2NO. The van der Waals surface area contributed by atoms with Gasteiger partial charge in [0.05, 0.1) is 6.04 Å². The van der Waals surface area contributed by atoms with Gasteiger partial charge in [0.1, 0.15) is 6.10 Å². The van der Waals surface area contributed by atoms with E-state index < -0.39 is 11.6 Å². The number of ether oxygens (including phenoxy) is 1. The molecule has 1 N–H and O–H groups in total. The maximum atomic E-state index is 13.4. The van der Waals surface area contributed by atoms with Crippen molar-refractivity contribution in [1.82, 2.24) is 5.32 Å². The molecule has 0 aliphatic carbocycles. The van der Waals surface area contributed by atoms with E-state index in [0.29, 0.717) is 5.56 Å². The van der Waals surface area contributed by atoms with Crippen LogP contribution in [0.25, 0.3) is 0 Å². The lowest BCUT2D eigenvalue weighted by Crippen LogP contribution is -2.27. The Hall–Kier alpha value is -1.16. The van der Waals surface area contributed by atoms with Crippen LogP contribution in [0, 0.1) is 11.6 Å². The highest BCUT2D eigenvalue weighted by Crippen LogP contribution is 2.40. The predicted molar refractivity (Wildman–Crippen MR) is 52.9 cm³/mol. The van der Waals surface area contributed by atoms with E-state index in [4.69, 9.17) is 4.74 Å². The third kappa shape index (κ3) is 1.49. The number of hydrogen-bond acceptors (Lipinski definition) is 2. The zero-order valence-corrected chi connectivity index (χ0v) is 8.68. The maximum absolute atomic E-state index is 13.4. The zero-order valence-electron chi connectivity index (χ0n) is 8.68. The Balaban J connectivity index is 2.47. The molecule has 0 radical (unpaired) electrons. The highest BCUT2D eigenvalue weighted by Gasteiger charge is 2.35. The second-order valence-corrected chi connectivity index (χ2v) is 3.61. The molecule has 1 heterocycles. The van der Waals surface area contributed by atoms with E-state index in [9.17, 15) is 8.78 Å². The SMILES string of the molecule is CCC1Oc2c(ccc(F)c2F)C1NC. The van der Waals surface area contributed by atoms with Crippen molar-refractivity contribution in [3.63, 3.8) is 0 Å². The summed E-state index contributed by atoms with van der Waals surface area (Å²) >= 11 is 0. The molecule has 15 heavy (non-hydrogen) atoms. The number of benzene rings is 1. The van der Waals surface area contributed by atoms with Gasteiger partial charge < -0.3 is 10.1 Å². The minimum absolute atomic E-state index is 0.0555. The summed E-state index contributed by atoms with van der Waals surface area (Å²) in [6.45, 7) is 1.95. The minimum Gasteiger partial charge on any atom is -0.485 e. The van der Waals surface area contributed by atoms with Crippen molar-refractivity contribution in [2.24, 2.45) is 0 Å². The molecule has 2 nitrogen and oxygen atoms in total. The van der Waals surface area contributed by atoms with Crippen molar-refractivity contribution < 1.29 is 13.5 Å². The van der Waals surface area contributed by atoms with Gasteiger partial charge in [-0.2, -0.15) is 4.39 Å². The van der Waals surface area contributed by atoms with Crippen LogP contribution in [0.15, 0.2) is 12.1 Å². The molecule has 2 rings (SSSR count). The highest BCUT2D eigenvalue weighted by molar-refractivity contribution is 5.42. The Kier molecular flexibility index (Phi) is 2.61. The normalized spacial score (nSPS) is 23.7. The van der Waals surface area contributed by atoms with Crippen LogP contribution in [0.5, 0.6) is 5.75 Å². The summed E-state index contributed by atoms with van der Waals surface area (Å²) in [6.07, 6.45) is 0.627. The van der Waals surface area contributed by atoms with Gasteiger partial charge in [0.2, 0.25) is 5.82 Å².